The number of nitrogens with zero attached hydrogens (tertiary/aromatic N) is 4. The third-order valence-electron chi connectivity index (χ3n) is 2.99. The molecule has 0 unspecified atom stereocenters. The number of hydrogen-bond acceptors (Lipinski definition) is 6. The maximum Gasteiger partial charge on any atom is 0.257 e. The Morgan fingerprint density at radius 3 is 2.67 bits per heavy atom. The summed E-state index contributed by atoms with van der Waals surface area (Å²) >= 11 is 0. The number of nitrogens with one attached hydrogen (secondary N) is 1. The molecule has 3 N–H and O–H groups in total. The number of ether oxygens (including phenoxy) is 1. The maximum atomic E-state index is 5.70. The molecule has 0 atom stereocenters. The van der Waals surface area contributed by atoms with Crippen molar-refractivity contribution in [2.24, 2.45) is 0 Å². The van der Waals surface area contributed by atoms with Crippen molar-refractivity contribution in [2.75, 3.05) is 12.8 Å². The highest BCUT2D eigenvalue weighted by molar-refractivity contribution is 5.76. The fourth-order valence-corrected chi connectivity index (χ4v) is 2.05. The second-order valence-electron chi connectivity index (χ2n) is 4.43. The van der Waals surface area contributed by atoms with Crippen LogP contribution in [0.1, 0.15) is 5.82 Å². The van der Waals surface area contributed by atoms with Gasteiger partial charge in [0.2, 0.25) is 0 Å². The summed E-state index contributed by atoms with van der Waals surface area (Å²) in [5.41, 5.74) is 8.82. The molecule has 3 rings (SSSR count). The predicted octanol–water partition coefficient (Wildman–Crippen LogP) is 1.83. The molecule has 3 heterocycles. The van der Waals surface area contributed by atoms with Gasteiger partial charge in [-0.1, -0.05) is 0 Å². The van der Waals surface area contributed by atoms with Gasteiger partial charge in [0.05, 0.1) is 24.7 Å². The molecule has 0 aliphatic heterocycles. The van der Waals surface area contributed by atoms with Gasteiger partial charge in [-0.2, -0.15) is 0 Å². The topological polar surface area (TPSA) is 103 Å². The van der Waals surface area contributed by atoms with Crippen molar-refractivity contribution in [2.45, 2.75) is 6.92 Å². The number of H-pyrrole nitrogens is 1. The average molecular weight is 282 g/mol. The van der Waals surface area contributed by atoms with E-state index < -0.39 is 0 Å². The Morgan fingerprint density at radius 1 is 1.19 bits per heavy atom. The molecule has 7 heteroatoms. The van der Waals surface area contributed by atoms with Crippen LogP contribution in [0.25, 0.3) is 22.6 Å². The van der Waals surface area contributed by atoms with Crippen molar-refractivity contribution in [3.63, 3.8) is 0 Å². The molecule has 7 nitrogen and oxygen atoms in total. The van der Waals surface area contributed by atoms with E-state index in [4.69, 9.17) is 10.5 Å². The molecule has 0 bridgehead atoms. The van der Waals surface area contributed by atoms with Crippen LogP contribution in [-0.4, -0.2) is 32.0 Å². The molecular weight excluding hydrogens is 268 g/mol. The molecule has 0 amide bonds. The lowest BCUT2D eigenvalue weighted by Gasteiger charge is -2.06. The predicted molar refractivity (Wildman–Crippen MR) is 78.5 cm³/mol. The summed E-state index contributed by atoms with van der Waals surface area (Å²) in [6, 6.07) is 3.78. The van der Waals surface area contributed by atoms with Crippen LogP contribution in [0.15, 0.2) is 30.7 Å². The highest BCUT2D eigenvalue weighted by atomic mass is 16.5. The first-order valence-corrected chi connectivity index (χ1v) is 6.33. The molecule has 0 saturated heterocycles. The first-order chi connectivity index (χ1) is 10.2. The number of anilines is 1. The summed E-state index contributed by atoms with van der Waals surface area (Å²) in [6.45, 7) is 1.89. The van der Waals surface area contributed by atoms with Crippen LogP contribution in [0.4, 0.5) is 5.82 Å². The van der Waals surface area contributed by atoms with E-state index >= 15 is 0 Å². The summed E-state index contributed by atoms with van der Waals surface area (Å²) in [7, 11) is 1.51. The molecule has 106 valence electrons. The third kappa shape index (κ3) is 2.40. The van der Waals surface area contributed by atoms with Gasteiger partial charge in [-0.3, -0.25) is 4.98 Å². The van der Waals surface area contributed by atoms with Gasteiger partial charge in [-0.05, 0) is 19.1 Å². The zero-order valence-corrected chi connectivity index (χ0v) is 11.7. The van der Waals surface area contributed by atoms with Crippen molar-refractivity contribution < 1.29 is 4.74 Å². The zero-order chi connectivity index (χ0) is 14.8. The van der Waals surface area contributed by atoms with Gasteiger partial charge in [0.1, 0.15) is 11.5 Å². The van der Waals surface area contributed by atoms with Crippen molar-refractivity contribution in [3.8, 4) is 28.5 Å². The molecule has 3 aromatic rings. The number of hydrogen-bond donors (Lipinski definition) is 2. The van der Waals surface area contributed by atoms with Gasteiger partial charge in [-0.25, -0.2) is 15.0 Å². The molecule has 0 fully saturated rings. The number of nitrogens with two attached hydrogens (primary N) is 1. The first-order valence-electron chi connectivity index (χ1n) is 6.33. The van der Waals surface area contributed by atoms with Crippen LogP contribution >= 0.6 is 0 Å². The Kier molecular flexibility index (Phi) is 3.23. The van der Waals surface area contributed by atoms with Crippen molar-refractivity contribution in [1.29, 1.82) is 0 Å². The lowest BCUT2D eigenvalue weighted by atomic mass is 10.1. The second kappa shape index (κ2) is 5.20. The number of nitrogen functional groups attached to an aromatic ring is 1. The van der Waals surface area contributed by atoms with Crippen LogP contribution in [0.3, 0.4) is 0 Å². The molecule has 0 radical (unpaired) electrons. The Bertz CT molecular complexity index is 768. The van der Waals surface area contributed by atoms with E-state index in [0.717, 1.165) is 22.8 Å². The molecule has 0 aromatic carbocycles. The van der Waals surface area contributed by atoms with Crippen LogP contribution in [0, 0.1) is 6.92 Å². The monoisotopic (exact) mass is 282 g/mol. The fraction of sp³-hybridized carbons (Fsp3) is 0.143. The van der Waals surface area contributed by atoms with Gasteiger partial charge < -0.3 is 15.5 Å². The molecule has 0 aliphatic carbocycles. The highest BCUT2D eigenvalue weighted by Gasteiger charge is 2.15. The second-order valence-corrected chi connectivity index (χ2v) is 4.43. The molecule has 21 heavy (non-hydrogen) atoms. The summed E-state index contributed by atoms with van der Waals surface area (Å²) in [6.07, 6.45) is 5.03. The number of aryl methyl sites for hydroxylation is 1. The molecular formula is C14H14N6O. The van der Waals surface area contributed by atoms with E-state index in [0.29, 0.717) is 11.6 Å². The van der Waals surface area contributed by atoms with Gasteiger partial charge >= 0.3 is 0 Å². The standard InChI is InChI=1S/C14H14N6O/c1-8-18-11(9-3-5-16-6-4-9)12(19-8)10-7-17-13(15)14(20-10)21-2/h3-7H,1-2H3,(H2,15,17)(H,18,19). The maximum absolute atomic E-state index is 5.70. The number of methoxy groups -OCH3 is 1. The van der Waals surface area contributed by atoms with Crippen LogP contribution in [0.2, 0.25) is 0 Å². The largest absolute Gasteiger partial charge is 0.478 e. The third-order valence-corrected chi connectivity index (χ3v) is 2.99. The molecule has 0 aliphatic rings. The molecule has 0 spiro atoms. The summed E-state index contributed by atoms with van der Waals surface area (Å²) in [5.74, 6) is 1.33. The average Bonchev–Trinajstić information content (AvgIpc) is 2.90. The SMILES string of the molecule is COc1nc(-c2[nH]c(C)nc2-c2ccncc2)cnc1N. The van der Waals surface area contributed by atoms with E-state index in [1.165, 1.54) is 7.11 Å². The van der Waals surface area contributed by atoms with E-state index in [-0.39, 0.29) is 5.82 Å². The number of imidazole rings is 1. The zero-order valence-electron chi connectivity index (χ0n) is 11.7. The van der Waals surface area contributed by atoms with Crippen molar-refractivity contribution in [1.82, 2.24) is 24.9 Å². The Labute approximate surface area is 121 Å². The Balaban J connectivity index is 2.15. The van der Waals surface area contributed by atoms with Crippen LogP contribution < -0.4 is 10.5 Å². The minimum atomic E-state index is 0.253. The fourth-order valence-electron chi connectivity index (χ4n) is 2.05. The normalized spacial score (nSPS) is 10.6. The smallest absolute Gasteiger partial charge is 0.257 e. The van der Waals surface area contributed by atoms with Crippen LogP contribution in [0.5, 0.6) is 5.88 Å². The van der Waals surface area contributed by atoms with Gasteiger partial charge in [-0.15, -0.1) is 0 Å². The molecule has 3 aromatic heterocycles. The van der Waals surface area contributed by atoms with Gasteiger partial charge in [0.15, 0.2) is 5.82 Å². The lowest BCUT2D eigenvalue weighted by molar-refractivity contribution is 0.399. The summed E-state index contributed by atoms with van der Waals surface area (Å²) in [5, 5.41) is 0. The summed E-state index contributed by atoms with van der Waals surface area (Å²) < 4.78 is 5.12. The van der Waals surface area contributed by atoms with E-state index in [9.17, 15) is 0 Å². The number of pyridine rings is 1. The Morgan fingerprint density at radius 2 is 1.95 bits per heavy atom. The van der Waals surface area contributed by atoms with E-state index in [1.807, 2.05) is 19.1 Å². The van der Waals surface area contributed by atoms with Gasteiger partial charge in [0.25, 0.3) is 5.88 Å². The minimum absolute atomic E-state index is 0.253. The van der Waals surface area contributed by atoms with E-state index in [2.05, 4.69) is 24.9 Å². The minimum Gasteiger partial charge on any atom is -0.478 e. The van der Waals surface area contributed by atoms with Crippen LogP contribution in [-0.2, 0) is 0 Å². The van der Waals surface area contributed by atoms with Crippen molar-refractivity contribution >= 4 is 5.82 Å². The summed E-state index contributed by atoms with van der Waals surface area (Å²) in [4.78, 5) is 20.2. The Hall–Kier alpha value is -2.96. The number of aromatic nitrogens is 5. The highest BCUT2D eigenvalue weighted by Crippen LogP contribution is 2.30. The number of rotatable bonds is 3. The first kappa shape index (κ1) is 13.0. The quantitative estimate of drug-likeness (QED) is 0.759. The van der Waals surface area contributed by atoms with Crippen molar-refractivity contribution in [3.05, 3.63) is 36.5 Å². The molecule has 0 saturated carbocycles. The van der Waals surface area contributed by atoms with Gasteiger partial charge in [0, 0.05) is 18.0 Å². The lowest BCUT2D eigenvalue weighted by Crippen LogP contribution is -2.00. The number of aromatic amines is 1. The van der Waals surface area contributed by atoms with E-state index in [1.54, 1.807) is 18.6 Å².